The molecule has 0 atom stereocenters. The minimum absolute atomic E-state index is 0.840. The molecule has 0 saturated heterocycles. The third-order valence-electron chi connectivity index (χ3n) is 3.01. The van der Waals surface area contributed by atoms with Crippen molar-refractivity contribution in [1.29, 1.82) is 0 Å². The van der Waals surface area contributed by atoms with Gasteiger partial charge in [0.1, 0.15) is 5.82 Å². The fraction of sp³-hybridized carbons (Fsp3) is 0.133. The van der Waals surface area contributed by atoms with Crippen LogP contribution >= 0.6 is 15.9 Å². The molecule has 18 heavy (non-hydrogen) atoms. The topological polar surface area (TPSA) is 28.7 Å². The van der Waals surface area contributed by atoms with Crippen molar-refractivity contribution in [2.24, 2.45) is 0 Å². The van der Waals surface area contributed by atoms with Crippen LogP contribution in [0.4, 0.5) is 0 Å². The van der Waals surface area contributed by atoms with Crippen LogP contribution in [0.5, 0.6) is 0 Å². The van der Waals surface area contributed by atoms with Crippen molar-refractivity contribution < 1.29 is 0 Å². The number of hydrogen-bond acceptors (Lipinski definition) is 1. The third-order valence-corrected chi connectivity index (χ3v) is 3.46. The number of aryl methyl sites for hydroxylation is 1. The molecule has 3 aromatic rings. The molecule has 0 amide bonds. The predicted octanol–water partition coefficient (Wildman–Crippen LogP) is 4.22. The van der Waals surface area contributed by atoms with Crippen LogP contribution < -0.4 is 0 Å². The van der Waals surface area contributed by atoms with Crippen LogP contribution in [0.1, 0.15) is 17.0 Å². The molecule has 3 rings (SSSR count). The summed E-state index contributed by atoms with van der Waals surface area (Å²) in [7, 11) is 0. The Morgan fingerprint density at radius 2 is 1.94 bits per heavy atom. The molecule has 2 nitrogen and oxygen atoms in total. The molecular formula is C15H13BrN2. The second-order valence-corrected chi connectivity index (χ2v) is 5.38. The molecule has 0 saturated carbocycles. The quantitative estimate of drug-likeness (QED) is 0.754. The van der Waals surface area contributed by atoms with E-state index in [0.29, 0.717) is 0 Å². The van der Waals surface area contributed by atoms with Gasteiger partial charge in [-0.3, -0.25) is 0 Å². The zero-order chi connectivity index (χ0) is 12.5. The lowest BCUT2D eigenvalue weighted by molar-refractivity contribution is 1.04. The Kier molecular flexibility index (Phi) is 2.92. The summed E-state index contributed by atoms with van der Waals surface area (Å²) in [5.74, 6) is 1.01. The highest BCUT2D eigenvalue weighted by atomic mass is 79.9. The van der Waals surface area contributed by atoms with E-state index in [0.717, 1.165) is 27.8 Å². The predicted molar refractivity (Wildman–Crippen MR) is 77.8 cm³/mol. The van der Waals surface area contributed by atoms with E-state index in [1.54, 1.807) is 0 Å². The second kappa shape index (κ2) is 4.58. The monoisotopic (exact) mass is 300 g/mol. The molecule has 1 N–H and O–H groups in total. The van der Waals surface area contributed by atoms with Gasteiger partial charge in [0.2, 0.25) is 0 Å². The zero-order valence-corrected chi connectivity index (χ0v) is 11.7. The van der Waals surface area contributed by atoms with Crippen molar-refractivity contribution in [2.75, 3.05) is 0 Å². The Balaban J connectivity index is 2.01. The SMILES string of the molecule is Cc1cc(Br)cc2[nH]c(Cc3ccccc3)nc12. The lowest BCUT2D eigenvalue weighted by Gasteiger charge is -1.96. The van der Waals surface area contributed by atoms with Gasteiger partial charge < -0.3 is 4.98 Å². The fourth-order valence-electron chi connectivity index (χ4n) is 2.17. The number of fused-ring (bicyclic) bond motifs is 1. The Hall–Kier alpha value is -1.61. The molecule has 1 heterocycles. The van der Waals surface area contributed by atoms with Crippen LogP contribution in [0, 0.1) is 6.92 Å². The van der Waals surface area contributed by atoms with E-state index in [4.69, 9.17) is 0 Å². The van der Waals surface area contributed by atoms with Crippen LogP contribution in [0.2, 0.25) is 0 Å². The van der Waals surface area contributed by atoms with E-state index in [1.807, 2.05) is 6.07 Å². The highest BCUT2D eigenvalue weighted by Crippen LogP contribution is 2.22. The summed E-state index contributed by atoms with van der Waals surface area (Å²) in [6, 6.07) is 14.5. The van der Waals surface area contributed by atoms with Crippen LogP contribution in [0.25, 0.3) is 11.0 Å². The fourth-order valence-corrected chi connectivity index (χ4v) is 2.74. The summed E-state index contributed by atoms with van der Waals surface area (Å²) in [5, 5.41) is 0. The summed E-state index contributed by atoms with van der Waals surface area (Å²) < 4.78 is 1.09. The van der Waals surface area contributed by atoms with Gasteiger partial charge in [0.05, 0.1) is 11.0 Å². The second-order valence-electron chi connectivity index (χ2n) is 4.46. The Labute approximate surface area is 114 Å². The minimum Gasteiger partial charge on any atom is -0.342 e. The summed E-state index contributed by atoms with van der Waals surface area (Å²) >= 11 is 3.51. The number of hydrogen-bond donors (Lipinski definition) is 1. The molecular weight excluding hydrogens is 288 g/mol. The summed E-state index contributed by atoms with van der Waals surface area (Å²) in [4.78, 5) is 8.06. The maximum Gasteiger partial charge on any atom is 0.111 e. The van der Waals surface area contributed by atoms with Crippen LogP contribution in [-0.2, 0) is 6.42 Å². The number of benzene rings is 2. The van der Waals surface area contributed by atoms with E-state index in [1.165, 1.54) is 11.1 Å². The summed E-state index contributed by atoms with van der Waals surface area (Å²) in [6.45, 7) is 2.08. The largest absolute Gasteiger partial charge is 0.342 e. The maximum atomic E-state index is 4.67. The molecule has 0 bridgehead atoms. The number of aromatic nitrogens is 2. The highest BCUT2D eigenvalue weighted by Gasteiger charge is 2.06. The first-order valence-corrected chi connectivity index (χ1v) is 6.70. The zero-order valence-electron chi connectivity index (χ0n) is 10.1. The molecule has 0 aliphatic rings. The van der Waals surface area contributed by atoms with E-state index in [2.05, 4.69) is 69.2 Å². The van der Waals surface area contributed by atoms with Crippen molar-refractivity contribution in [2.45, 2.75) is 13.3 Å². The molecule has 1 aromatic heterocycles. The van der Waals surface area contributed by atoms with Gasteiger partial charge in [0, 0.05) is 10.9 Å². The van der Waals surface area contributed by atoms with Crippen LogP contribution in [0.3, 0.4) is 0 Å². The normalized spacial score (nSPS) is 11.0. The molecule has 0 aliphatic carbocycles. The number of nitrogens with one attached hydrogen (secondary N) is 1. The lowest BCUT2D eigenvalue weighted by atomic mass is 10.1. The van der Waals surface area contributed by atoms with Crippen molar-refractivity contribution in [3.05, 3.63) is 63.9 Å². The Bertz CT molecular complexity index is 686. The average molecular weight is 301 g/mol. The number of aromatic amines is 1. The average Bonchev–Trinajstić information content (AvgIpc) is 2.73. The first-order chi connectivity index (χ1) is 8.72. The Morgan fingerprint density at radius 3 is 2.72 bits per heavy atom. The smallest absolute Gasteiger partial charge is 0.111 e. The van der Waals surface area contributed by atoms with Crippen molar-refractivity contribution >= 4 is 27.0 Å². The molecule has 90 valence electrons. The first-order valence-electron chi connectivity index (χ1n) is 5.91. The van der Waals surface area contributed by atoms with Gasteiger partial charge in [-0.1, -0.05) is 46.3 Å². The molecule has 0 aliphatic heterocycles. The molecule has 0 radical (unpaired) electrons. The molecule has 0 spiro atoms. The minimum atomic E-state index is 0.840. The van der Waals surface area contributed by atoms with Gasteiger partial charge in [-0.05, 0) is 30.2 Å². The van der Waals surface area contributed by atoms with E-state index >= 15 is 0 Å². The molecule has 0 unspecified atom stereocenters. The van der Waals surface area contributed by atoms with Crippen LogP contribution in [0.15, 0.2) is 46.9 Å². The van der Waals surface area contributed by atoms with E-state index in [9.17, 15) is 0 Å². The van der Waals surface area contributed by atoms with Gasteiger partial charge in [0.25, 0.3) is 0 Å². The maximum absolute atomic E-state index is 4.67. The van der Waals surface area contributed by atoms with Gasteiger partial charge in [0.15, 0.2) is 0 Å². The van der Waals surface area contributed by atoms with Gasteiger partial charge in [-0.25, -0.2) is 4.98 Å². The Morgan fingerprint density at radius 1 is 1.17 bits per heavy atom. The van der Waals surface area contributed by atoms with E-state index < -0.39 is 0 Å². The summed E-state index contributed by atoms with van der Waals surface area (Å²) in [6.07, 6.45) is 0.840. The van der Waals surface area contributed by atoms with E-state index in [-0.39, 0.29) is 0 Å². The molecule has 2 aromatic carbocycles. The number of imidazole rings is 1. The van der Waals surface area contributed by atoms with Crippen LogP contribution in [-0.4, -0.2) is 9.97 Å². The molecule has 0 fully saturated rings. The molecule has 3 heteroatoms. The van der Waals surface area contributed by atoms with Crippen molar-refractivity contribution in [3.8, 4) is 0 Å². The van der Waals surface area contributed by atoms with Gasteiger partial charge >= 0.3 is 0 Å². The van der Waals surface area contributed by atoms with Crippen molar-refractivity contribution in [3.63, 3.8) is 0 Å². The van der Waals surface area contributed by atoms with Gasteiger partial charge in [-0.15, -0.1) is 0 Å². The standard InChI is InChI=1S/C15H13BrN2/c1-10-7-12(16)9-13-15(10)18-14(17-13)8-11-5-3-2-4-6-11/h2-7,9H,8H2,1H3,(H,17,18). The number of halogens is 1. The summed E-state index contributed by atoms with van der Waals surface area (Å²) in [5.41, 5.74) is 4.61. The number of nitrogens with zero attached hydrogens (tertiary/aromatic N) is 1. The first kappa shape index (κ1) is 11.5. The number of H-pyrrole nitrogens is 1. The van der Waals surface area contributed by atoms with Crippen molar-refractivity contribution in [1.82, 2.24) is 9.97 Å². The third kappa shape index (κ3) is 2.18. The lowest BCUT2D eigenvalue weighted by Crippen LogP contribution is -1.89. The van der Waals surface area contributed by atoms with Gasteiger partial charge in [-0.2, -0.15) is 0 Å². The highest BCUT2D eigenvalue weighted by molar-refractivity contribution is 9.10. The number of rotatable bonds is 2.